The Labute approximate surface area is 191 Å². The normalized spacial score (nSPS) is 15.6. The van der Waals surface area contributed by atoms with Crippen molar-refractivity contribution >= 4 is 40.6 Å². The lowest BCUT2D eigenvalue weighted by Crippen LogP contribution is -2.44. The lowest BCUT2D eigenvalue weighted by Gasteiger charge is -2.29. The molecule has 1 fully saturated rings. The van der Waals surface area contributed by atoms with Gasteiger partial charge in [0.15, 0.2) is 10.9 Å². The number of amides is 1. The third-order valence-electron chi connectivity index (χ3n) is 5.17. The second kappa shape index (κ2) is 8.08. The van der Waals surface area contributed by atoms with Gasteiger partial charge in [-0.2, -0.15) is 18.4 Å². The second-order valence-electron chi connectivity index (χ2n) is 7.57. The van der Waals surface area contributed by atoms with E-state index < -0.39 is 46.2 Å². The van der Waals surface area contributed by atoms with Crippen molar-refractivity contribution in [2.75, 3.05) is 16.9 Å². The Kier molecular flexibility index (Phi) is 5.89. The van der Waals surface area contributed by atoms with Crippen LogP contribution in [-0.4, -0.2) is 34.6 Å². The first-order chi connectivity index (χ1) is 15.3. The number of nitriles is 1. The third-order valence-corrected chi connectivity index (χ3v) is 5.54. The number of hydrogen-bond donors (Lipinski definition) is 0. The zero-order valence-corrected chi connectivity index (χ0v) is 18.6. The largest absolute Gasteiger partial charge is 0.465 e. The van der Waals surface area contributed by atoms with Crippen LogP contribution in [0.25, 0.3) is 0 Å². The molecule has 2 heterocycles. The van der Waals surface area contributed by atoms with Crippen molar-refractivity contribution in [1.29, 1.82) is 5.26 Å². The number of alkyl halides is 3. The first kappa shape index (κ1) is 24.1. The predicted octanol–water partition coefficient (Wildman–Crippen LogP) is 4.12. The highest BCUT2D eigenvalue weighted by molar-refractivity contribution is 7.81. The van der Waals surface area contributed by atoms with Crippen LogP contribution < -0.4 is 9.80 Å². The predicted molar refractivity (Wildman–Crippen MR) is 113 cm³/mol. The van der Waals surface area contributed by atoms with Crippen LogP contribution in [0.2, 0.25) is 0 Å². The van der Waals surface area contributed by atoms with E-state index in [0.717, 1.165) is 12.1 Å². The lowest BCUT2D eigenvalue weighted by molar-refractivity contribution is -0.140. The van der Waals surface area contributed by atoms with Crippen LogP contribution in [0.4, 0.5) is 28.9 Å². The average Bonchev–Trinajstić information content (AvgIpc) is 2.91. The van der Waals surface area contributed by atoms with Crippen molar-refractivity contribution in [1.82, 2.24) is 4.98 Å². The smallest absolute Gasteiger partial charge is 0.420 e. The Bertz CT molecular complexity index is 1240. The van der Waals surface area contributed by atoms with Crippen molar-refractivity contribution in [2.45, 2.75) is 32.5 Å². The van der Waals surface area contributed by atoms with Gasteiger partial charge in [-0.05, 0) is 51.2 Å². The van der Waals surface area contributed by atoms with Crippen LogP contribution in [-0.2, 0) is 15.7 Å². The summed E-state index contributed by atoms with van der Waals surface area (Å²) >= 11 is 5.35. The Balaban J connectivity index is 2.19. The molecule has 0 spiro atoms. The number of halogens is 4. The Morgan fingerprint density at radius 3 is 2.48 bits per heavy atom. The summed E-state index contributed by atoms with van der Waals surface area (Å²) in [6, 6.07) is 4.34. The molecule has 1 aliphatic rings. The number of pyridine rings is 1. The number of esters is 1. The van der Waals surface area contributed by atoms with Gasteiger partial charge < -0.3 is 9.64 Å². The molecule has 0 bridgehead atoms. The van der Waals surface area contributed by atoms with Crippen LogP contribution in [0.15, 0.2) is 24.4 Å². The number of thiocarbonyl (C=S) groups is 1. The van der Waals surface area contributed by atoms with E-state index in [1.165, 1.54) is 44.2 Å². The van der Waals surface area contributed by atoms with Crippen molar-refractivity contribution < 1.29 is 31.9 Å². The van der Waals surface area contributed by atoms with Gasteiger partial charge in [-0.3, -0.25) is 14.7 Å². The molecule has 0 aliphatic carbocycles. The molecule has 1 amide bonds. The standard InChI is InChI=1S/C21H16F4N4O3S/c1-10-13(17(30)32-4)7-12(9-27-10)29-19(33)28(18(31)20(29,2)3)14-6-5-11(8-26)15(16(14)22)21(23,24)25/h5-7,9H,1-4H3. The minimum absolute atomic E-state index is 0.0865. The molecule has 2 aromatic rings. The van der Waals surface area contributed by atoms with Gasteiger partial charge in [0.2, 0.25) is 0 Å². The maximum atomic E-state index is 15.0. The number of methoxy groups -OCH3 is 1. The summed E-state index contributed by atoms with van der Waals surface area (Å²) in [5.74, 6) is -3.31. The van der Waals surface area contributed by atoms with Crippen molar-refractivity contribution in [2.24, 2.45) is 0 Å². The summed E-state index contributed by atoms with van der Waals surface area (Å²) in [5, 5.41) is 8.65. The molecule has 1 aromatic heterocycles. The number of aryl methyl sites for hydroxylation is 1. The topological polar surface area (TPSA) is 86.5 Å². The number of carbonyl (C=O) groups excluding carboxylic acids is 2. The summed E-state index contributed by atoms with van der Waals surface area (Å²) in [6.45, 7) is 4.43. The zero-order valence-electron chi connectivity index (χ0n) is 17.7. The molecule has 0 atom stereocenters. The molecule has 0 unspecified atom stereocenters. The fourth-order valence-electron chi connectivity index (χ4n) is 3.51. The Hall–Kier alpha value is -3.59. The molecular weight excluding hydrogens is 464 g/mol. The van der Waals surface area contributed by atoms with Gasteiger partial charge >= 0.3 is 12.1 Å². The number of rotatable bonds is 3. The quantitative estimate of drug-likeness (QED) is 0.371. The SMILES string of the molecule is COC(=O)c1cc(N2C(=S)N(c3ccc(C#N)c(C(F)(F)F)c3F)C(=O)C2(C)C)cnc1C. The van der Waals surface area contributed by atoms with Crippen molar-refractivity contribution in [3.8, 4) is 6.07 Å². The average molecular weight is 480 g/mol. The zero-order chi connectivity index (χ0) is 24.9. The number of anilines is 2. The van der Waals surface area contributed by atoms with Gasteiger partial charge in [-0.15, -0.1) is 0 Å². The van der Waals surface area contributed by atoms with E-state index in [2.05, 4.69) is 4.98 Å². The molecule has 33 heavy (non-hydrogen) atoms. The van der Waals surface area contributed by atoms with Crippen LogP contribution in [0.3, 0.4) is 0 Å². The van der Waals surface area contributed by atoms with E-state index in [4.69, 9.17) is 22.2 Å². The summed E-state index contributed by atoms with van der Waals surface area (Å²) in [5.41, 5.74) is -4.34. The Morgan fingerprint density at radius 1 is 1.30 bits per heavy atom. The summed E-state index contributed by atoms with van der Waals surface area (Å²) in [4.78, 5) is 31.3. The highest BCUT2D eigenvalue weighted by Crippen LogP contribution is 2.41. The number of carbonyl (C=O) groups is 2. The maximum absolute atomic E-state index is 15.0. The fourth-order valence-corrected chi connectivity index (χ4v) is 4.02. The monoisotopic (exact) mass is 480 g/mol. The molecule has 1 saturated heterocycles. The second-order valence-corrected chi connectivity index (χ2v) is 7.93. The molecule has 3 rings (SSSR count). The number of nitrogens with zero attached hydrogens (tertiary/aromatic N) is 4. The number of aromatic nitrogens is 1. The maximum Gasteiger partial charge on any atom is 0.420 e. The van der Waals surface area contributed by atoms with E-state index >= 15 is 4.39 Å². The van der Waals surface area contributed by atoms with Crippen molar-refractivity contribution in [3.05, 3.63) is 52.6 Å². The van der Waals surface area contributed by atoms with Crippen LogP contribution in [0.1, 0.15) is 41.0 Å². The van der Waals surface area contributed by atoms with E-state index in [1.54, 1.807) is 6.92 Å². The highest BCUT2D eigenvalue weighted by atomic mass is 32.1. The summed E-state index contributed by atoms with van der Waals surface area (Å²) < 4.78 is 60.1. The van der Waals surface area contributed by atoms with Gasteiger partial charge in [0.1, 0.15) is 11.1 Å². The van der Waals surface area contributed by atoms with Gasteiger partial charge in [-0.1, -0.05) is 0 Å². The fraction of sp³-hybridized carbons (Fsp3) is 0.286. The third kappa shape index (κ3) is 3.78. The molecule has 0 N–H and O–H groups in total. The van der Waals surface area contributed by atoms with Gasteiger partial charge in [0, 0.05) is 0 Å². The van der Waals surface area contributed by atoms with Gasteiger partial charge in [-0.25, -0.2) is 9.18 Å². The number of benzene rings is 1. The van der Waals surface area contributed by atoms with E-state index in [0.29, 0.717) is 10.6 Å². The van der Waals surface area contributed by atoms with Crippen LogP contribution in [0.5, 0.6) is 0 Å². The molecule has 12 heteroatoms. The molecular formula is C21H16F4N4O3S. The van der Waals surface area contributed by atoms with E-state index in [9.17, 15) is 22.8 Å². The number of hydrogen-bond acceptors (Lipinski definition) is 6. The van der Waals surface area contributed by atoms with E-state index in [-0.39, 0.29) is 16.4 Å². The minimum atomic E-state index is -5.18. The minimum Gasteiger partial charge on any atom is -0.465 e. The molecule has 7 nitrogen and oxygen atoms in total. The Morgan fingerprint density at radius 2 is 1.94 bits per heavy atom. The van der Waals surface area contributed by atoms with E-state index in [1.807, 2.05) is 0 Å². The summed E-state index contributed by atoms with van der Waals surface area (Å²) in [7, 11) is 1.18. The van der Waals surface area contributed by atoms with Crippen LogP contribution in [0, 0.1) is 24.1 Å². The number of ether oxygens (including phenoxy) is 1. The molecule has 0 radical (unpaired) electrons. The van der Waals surface area contributed by atoms with Crippen LogP contribution >= 0.6 is 12.2 Å². The first-order valence-corrected chi connectivity index (χ1v) is 9.71. The molecule has 172 valence electrons. The lowest BCUT2D eigenvalue weighted by atomic mass is 10.0. The van der Waals surface area contributed by atoms with Crippen molar-refractivity contribution in [3.63, 3.8) is 0 Å². The van der Waals surface area contributed by atoms with Gasteiger partial charge in [0.05, 0.1) is 47.6 Å². The first-order valence-electron chi connectivity index (χ1n) is 9.30. The highest BCUT2D eigenvalue weighted by Gasteiger charge is 2.52. The molecule has 0 saturated carbocycles. The molecule has 1 aliphatic heterocycles. The molecule has 1 aromatic carbocycles. The summed E-state index contributed by atoms with van der Waals surface area (Å²) in [6.07, 6.45) is -3.86. The van der Waals surface area contributed by atoms with Gasteiger partial charge in [0.25, 0.3) is 5.91 Å².